The zero-order chi connectivity index (χ0) is 21.9. The van der Waals surface area contributed by atoms with Crippen LogP contribution in [-0.4, -0.2) is 49.9 Å². The van der Waals surface area contributed by atoms with Gasteiger partial charge in [-0.05, 0) is 54.8 Å². The molecular weight excluding hydrogens is 382 g/mol. The lowest BCUT2D eigenvalue weighted by molar-refractivity contribution is -0.128. The quantitative estimate of drug-likeness (QED) is 0.586. The Hall–Kier alpha value is -3.35. The van der Waals surface area contributed by atoms with Gasteiger partial charge in [-0.25, -0.2) is 4.79 Å². The molecule has 2 aromatic carbocycles. The summed E-state index contributed by atoms with van der Waals surface area (Å²) in [6, 6.07) is 14.3. The summed E-state index contributed by atoms with van der Waals surface area (Å²) < 4.78 is 5.09. The van der Waals surface area contributed by atoms with E-state index in [-0.39, 0.29) is 24.3 Å². The van der Waals surface area contributed by atoms with Gasteiger partial charge in [0.05, 0.1) is 18.7 Å². The van der Waals surface area contributed by atoms with Gasteiger partial charge in [-0.1, -0.05) is 19.1 Å². The molecule has 0 aliphatic carbocycles. The largest absolute Gasteiger partial charge is 0.462 e. The van der Waals surface area contributed by atoms with Gasteiger partial charge in [0, 0.05) is 31.9 Å². The Labute approximate surface area is 177 Å². The van der Waals surface area contributed by atoms with Crippen molar-refractivity contribution in [1.29, 1.82) is 0 Å². The highest BCUT2D eigenvalue weighted by atomic mass is 16.5. The number of rotatable bonds is 10. The van der Waals surface area contributed by atoms with Crippen LogP contribution in [0.2, 0.25) is 0 Å². The van der Waals surface area contributed by atoms with Crippen LogP contribution in [0, 0.1) is 0 Å². The number of hydrogen-bond acceptors (Lipinski definition) is 5. The number of amides is 2. The van der Waals surface area contributed by atoms with Gasteiger partial charge in [-0.3, -0.25) is 9.59 Å². The van der Waals surface area contributed by atoms with E-state index in [0.29, 0.717) is 30.7 Å². The summed E-state index contributed by atoms with van der Waals surface area (Å²) in [6.07, 6.45) is 1.82. The predicted octanol–water partition coefficient (Wildman–Crippen LogP) is 3.32. The Kier molecular flexibility index (Phi) is 8.87. The molecule has 2 N–H and O–H groups in total. The molecule has 2 rings (SSSR count). The molecule has 7 heteroatoms. The number of nitrogens with zero attached hydrogens (tertiary/aromatic N) is 1. The molecule has 0 spiro atoms. The van der Waals surface area contributed by atoms with Crippen LogP contribution in [0.15, 0.2) is 48.5 Å². The minimum atomic E-state index is -0.353. The first-order valence-electron chi connectivity index (χ1n) is 9.99. The molecule has 2 amide bonds. The third-order valence-electron chi connectivity index (χ3n) is 4.35. The summed E-state index contributed by atoms with van der Waals surface area (Å²) in [5.74, 6) is -0.477. The van der Waals surface area contributed by atoms with Gasteiger partial charge in [-0.15, -0.1) is 0 Å². The van der Waals surface area contributed by atoms with Crippen molar-refractivity contribution >= 4 is 29.2 Å². The molecule has 0 heterocycles. The third-order valence-corrected chi connectivity index (χ3v) is 4.35. The lowest BCUT2D eigenvalue weighted by Gasteiger charge is -2.11. The van der Waals surface area contributed by atoms with Crippen molar-refractivity contribution in [3.05, 3.63) is 59.7 Å². The number of esters is 1. The smallest absolute Gasteiger partial charge is 0.338 e. The van der Waals surface area contributed by atoms with E-state index in [1.54, 1.807) is 43.3 Å². The van der Waals surface area contributed by atoms with Crippen LogP contribution < -0.4 is 10.6 Å². The molecule has 7 nitrogen and oxygen atoms in total. The SMILES string of the molecule is CCCOC(=O)c1ccc(NCC(=O)Nc2cccc(CCC(=O)N(C)C)c2)cc1. The molecule has 0 unspecified atom stereocenters. The van der Waals surface area contributed by atoms with E-state index in [1.807, 2.05) is 31.2 Å². The minimum absolute atomic E-state index is 0.0679. The fourth-order valence-electron chi connectivity index (χ4n) is 2.67. The maximum atomic E-state index is 12.2. The average Bonchev–Trinajstić information content (AvgIpc) is 2.74. The highest BCUT2D eigenvalue weighted by molar-refractivity contribution is 5.94. The normalized spacial score (nSPS) is 10.2. The minimum Gasteiger partial charge on any atom is -0.462 e. The van der Waals surface area contributed by atoms with E-state index in [2.05, 4.69) is 10.6 Å². The summed E-state index contributed by atoms with van der Waals surface area (Å²) in [6.45, 7) is 2.42. The second-order valence-corrected chi connectivity index (χ2v) is 7.10. The van der Waals surface area contributed by atoms with Crippen LogP contribution in [0.5, 0.6) is 0 Å². The number of ether oxygens (including phenoxy) is 1. The molecule has 0 saturated carbocycles. The molecule has 30 heavy (non-hydrogen) atoms. The monoisotopic (exact) mass is 411 g/mol. The van der Waals surface area contributed by atoms with Crippen LogP contribution in [0.4, 0.5) is 11.4 Å². The number of hydrogen-bond donors (Lipinski definition) is 2. The van der Waals surface area contributed by atoms with Gasteiger partial charge >= 0.3 is 5.97 Å². The van der Waals surface area contributed by atoms with Crippen molar-refractivity contribution in [2.45, 2.75) is 26.2 Å². The van der Waals surface area contributed by atoms with Crippen molar-refractivity contribution < 1.29 is 19.1 Å². The lowest BCUT2D eigenvalue weighted by Crippen LogP contribution is -2.22. The van der Waals surface area contributed by atoms with Gasteiger partial charge in [-0.2, -0.15) is 0 Å². The topological polar surface area (TPSA) is 87.7 Å². The Morgan fingerprint density at radius 1 is 1.00 bits per heavy atom. The molecule has 0 atom stereocenters. The number of benzene rings is 2. The van der Waals surface area contributed by atoms with E-state index in [1.165, 1.54) is 0 Å². The van der Waals surface area contributed by atoms with E-state index in [4.69, 9.17) is 4.74 Å². The molecule has 0 aliphatic heterocycles. The maximum absolute atomic E-state index is 12.2. The van der Waals surface area contributed by atoms with Crippen molar-refractivity contribution in [3.63, 3.8) is 0 Å². The van der Waals surface area contributed by atoms with Crippen LogP contribution in [-0.2, 0) is 20.7 Å². The number of carbonyl (C=O) groups is 3. The van der Waals surface area contributed by atoms with Gasteiger partial charge in [0.1, 0.15) is 0 Å². The van der Waals surface area contributed by atoms with E-state index in [0.717, 1.165) is 17.7 Å². The summed E-state index contributed by atoms with van der Waals surface area (Å²) in [7, 11) is 3.47. The first-order chi connectivity index (χ1) is 14.4. The van der Waals surface area contributed by atoms with Crippen LogP contribution >= 0.6 is 0 Å². The molecular formula is C23H29N3O4. The molecule has 0 radical (unpaired) electrons. The second kappa shape index (κ2) is 11.6. The van der Waals surface area contributed by atoms with Crippen molar-refractivity contribution in [2.75, 3.05) is 37.9 Å². The Morgan fingerprint density at radius 2 is 1.73 bits per heavy atom. The molecule has 0 bridgehead atoms. The average molecular weight is 412 g/mol. The molecule has 2 aromatic rings. The zero-order valence-corrected chi connectivity index (χ0v) is 17.7. The van der Waals surface area contributed by atoms with Crippen molar-refractivity contribution in [1.82, 2.24) is 4.90 Å². The van der Waals surface area contributed by atoms with Crippen LogP contribution in [0.3, 0.4) is 0 Å². The number of carbonyl (C=O) groups excluding carboxylic acids is 3. The molecule has 0 fully saturated rings. The van der Waals surface area contributed by atoms with E-state index >= 15 is 0 Å². The fraction of sp³-hybridized carbons (Fsp3) is 0.348. The molecule has 160 valence electrons. The highest BCUT2D eigenvalue weighted by Gasteiger charge is 2.08. The van der Waals surface area contributed by atoms with Crippen LogP contribution in [0.25, 0.3) is 0 Å². The third kappa shape index (κ3) is 7.58. The summed E-state index contributed by atoms with van der Waals surface area (Å²) in [5.41, 5.74) is 2.88. The van der Waals surface area contributed by atoms with Gasteiger partial charge in [0.25, 0.3) is 0 Å². The van der Waals surface area contributed by atoms with Gasteiger partial charge in [0.15, 0.2) is 0 Å². The van der Waals surface area contributed by atoms with Crippen molar-refractivity contribution in [3.8, 4) is 0 Å². The summed E-state index contributed by atoms with van der Waals surface area (Å²) >= 11 is 0. The summed E-state index contributed by atoms with van der Waals surface area (Å²) in [4.78, 5) is 37.3. The molecule has 0 aromatic heterocycles. The first-order valence-corrected chi connectivity index (χ1v) is 9.99. The summed E-state index contributed by atoms with van der Waals surface area (Å²) in [5, 5.41) is 5.87. The second-order valence-electron chi connectivity index (χ2n) is 7.10. The van der Waals surface area contributed by atoms with E-state index in [9.17, 15) is 14.4 Å². The Bertz CT molecular complexity index is 863. The predicted molar refractivity (Wildman–Crippen MR) is 118 cm³/mol. The van der Waals surface area contributed by atoms with Gasteiger partial charge < -0.3 is 20.3 Å². The first kappa shape index (κ1) is 22.9. The number of anilines is 2. The Balaban J connectivity index is 1.82. The van der Waals surface area contributed by atoms with Gasteiger partial charge in [0.2, 0.25) is 11.8 Å². The standard InChI is InChI=1S/C23H29N3O4/c1-4-14-30-23(29)18-9-11-19(12-10-18)24-16-21(27)25-20-7-5-6-17(15-20)8-13-22(28)26(2)3/h5-7,9-12,15,24H,4,8,13-14,16H2,1-3H3,(H,25,27). The number of nitrogens with one attached hydrogen (secondary N) is 2. The lowest BCUT2D eigenvalue weighted by atomic mass is 10.1. The molecule has 0 saturated heterocycles. The Morgan fingerprint density at radius 3 is 2.40 bits per heavy atom. The van der Waals surface area contributed by atoms with Crippen LogP contribution in [0.1, 0.15) is 35.7 Å². The maximum Gasteiger partial charge on any atom is 0.338 e. The zero-order valence-electron chi connectivity index (χ0n) is 17.7. The molecule has 0 aliphatic rings. The fourth-order valence-corrected chi connectivity index (χ4v) is 2.67. The van der Waals surface area contributed by atoms with E-state index < -0.39 is 0 Å². The highest BCUT2D eigenvalue weighted by Crippen LogP contribution is 2.14. The number of aryl methyl sites for hydroxylation is 1. The van der Waals surface area contributed by atoms with Crippen molar-refractivity contribution in [2.24, 2.45) is 0 Å².